The Bertz CT molecular complexity index is 1570. The number of fused-ring (bicyclic) bond motifs is 1. The van der Waals surface area contributed by atoms with Gasteiger partial charge in [0, 0.05) is 31.3 Å². The van der Waals surface area contributed by atoms with Crippen molar-refractivity contribution in [2.45, 2.75) is 45.6 Å². The summed E-state index contributed by atoms with van der Waals surface area (Å²) in [6.07, 6.45) is -1.90. The van der Waals surface area contributed by atoms with E-state index in [1.807, 2.05) is 13.8 Å². The van der Waals surface area contributed by atoms with Gasteiger partial charge in [-0.25, -0.2) is 9.67 Å². The minimum absolute atomic E-state index is 0.0371. The van der Waals surface area contributed by atoms with Crippen LogP contribution in [0.4, 0.5) is 19.0 Å². The Morgan fingerprint density at radius 1 is 1.21 bits per heavy atom. The summed E-state index contributed by atoms with van der Waals surface area (Å²) >= 11 is 6.42. The fourth-order valence-corrected chi connectivity index (χ4v) is 4.76. The van der Waals surface area contributed by atoms with Crippen LogP contribution in [0.25, 0.3) is 22.8 Å². The van der Waals surface area contributed by atoms with Gasteiger partial charge in [0.15, 0.2) is 11.5 Å². The van der Waals surface area contributed by atoms with E-state index in [2.05, 4.69) is 21.3 Å². The molecule has 13 heteroatoms. The molecule has 1 aliphatic heterocycles. The van der Waals surface area contributed by atoms with Crippen molar-refractivity contribution < 1.29 is 18.0 Å². The molecule has 9 nitrogen and oxygen atoms in total. The highest BCUT2D eigenvalue weighted by molar-refractivity contribution is 6.33. The molecule has 0 saturated heterocycles. The number of carbonyl (C=O) groups excluding carboxylic acids is 1. The number of halogens is 4. The number of hydrogen-bond acceptors (Lipinski definition) is 5. The molecule has 196 valence electrons. The first-order valence-corrected chi connectivity index (χ1v) is 12.1. The summed E-state index contributed by atoms with van der Waals surface area (Å²) in [5, 5.41) is 19.4. The first-order chi connectivity index (χ1) is 18.0. The lowest BCUT2D eigenvalue weighted by Crippen LogP contribution is -2.37. The monoisotopic (exact) mass is 542 g/mol. The van der Waals surface area contributed by atoms with E-state index in [-0.39, 0.29) is 36.3 Å². The summed E-state index contributed by atoms with van der Waals surface area (Å²) in [6.45, 7) is 4.32. The summed E-state index contributed by atoms with van der Waals surface area (Å²) in [6, 6.07) is 8.90. The van der Waals surface area contributed by atoms with Crippen LogP contribution in [-0.2, 0) is 31.1 Å². The van der Waals surface area contributed by atoms with Crippen molar-refractivity contribution in [1.82, 2.24) is 29.1 Å². The fourth-order valence-electron chi connectivity index (χ4n) is 4.54. The first-order valence-electron chi connectivity index (χ1n) is 11.7. The Labute approximate surface area is 220 Å². The number of imidazole rings is 1. The van der Waals surface area contributed by atoms with Gasteiger partial charge in [-0.05, 0) is 19.4 Å². The van der Waals surface area contributed by atoms with E-state index in [1.165, 1.54) is 22.7 Å². The van der Waals surface area contributed by atoms with Crippen LogP contribution in [0.15, 0.2) is 36.7 Å². The number of hydrogen-bond donors (Lipinski definition) is 0. The Hall–Kier alpha value is -4.11. The van der Waals surface area contributed by atoms with E-state index in [1.54, 1.807) is 33.6 Å². The molecular weight excluding hydrogens is 521 g/mol. The predicted octanol–water partition coefficient (Wildman–Crippen LogP) is 5.21. The minimum atomic E-state index is -4.54. The zero-order valence-corrected chi connectivity index (χ0v) is 21.4. The van der Waals surface area contributed by atoms with Gasteiger partial charge in [-0.15, -0.1) is 0 Å². The van der Waals surface area contributed by atoms with Gasteiger partial charge in [-0.2, -0.15) is 28.6 Å². The van der Waals surface area contributed by atoms with Crippen LogP contribution in [-0.4, -0.2) is 35.0 Å². The minimum Gasteiger partial charge on any atom is -0.333 e. The molecule has 5 rings (SSSR count). The van der Waals surface area contributed by atoms with Gasteiger partial charge < -0.3 is 4.57 Å². The van der Waals surface area contributed by atoms with Gasteiger partial charge in [0.2, 0.25) is 5.91 Å². The second-order valence-corrected chi connectivity index (χ2v) is 9.65. The number of amides is 1. The molecule has 1 aliphatic rings. The number of benzene rings is 1. The Morgan fingerprint density at radius 2 is 1.92 bits per heavy atom. The average molecular weight is 543 g/mol. The van der Waals surface area contributed by atoms with Gasteiger partial charge in [-0.1, -0.05) is 35.9 Å². The SMILES string of the molecule is CC(C)n1ncc(Cl)c1-c1nn2c(c1C#N)N(Cc1ccc(-c3nc(C(F)(F)F)cn3C)cc1)C(=O)CC2. The van der Waals surface area contributed by atoms with Crippen LogP contribution in [0.3, 0.4) is 0 Å². The van der Waals surface area contributed by atoms with Crippen LogP contribution in [0, 0.1) is 11.3 Å². The summed E-state index contributed by atoms with van der Waals surface area (Å²) in [4.78, 5) is 18.2. The summed E-state index contributed by atoms with van der Waals surface area (Å²) in [5.41, 5.74) is 1.32. The lowest BCUT2D eigenvalue weighted by Gasteiger charge is -2.28. The van der Waals surface area contributed by atoms with Gasteiger partial charge >= 0.3 is 6.18 Å². The number of nitriles is 1. The van der Waals surface area contributed by atoms with Gasteiger partial charge in [0.1, 0.15) is 28.8 Å². The van der Waals surface area contributed by atoms with Crippen molar-refractivity contribution in [3.63, 3.8) is 0 Å². The molecule has 0 bridgehead atoms. The second kappa shape index (κ2) is 9.33. The Morgan fingerprint density at radius 3 is 2.53 bits per heavy atom. The van der Waals surface area contributed by atoms with Crippen molar-refractivity contribution in [3.05, 3.63) is 58.5 Å². The molecule has 1 aromatic carbocycles. The predicted molar refractivity (Wildman–Crippen MR) is 133 cm³/mol. The standard InChI is InChI=1S/C25H22ClF3N8O/c1-14(2)37-22(18(26)11-31-37)21-17(10-30)24-35(20(38)8-9-36(24)33-21)12-15-4-6-16(7-5-15)23-32-19(13-34(23)3)25(27,28)29/h4-7,11,13-14H,8-9,12H2,1-3H3. The number of rotatable bonds is 5. The number of anilines is 1. The summed E-state index contributed by atoms with van der Waals surface area (Å²) in [5.74, 6) is 0.368. The third-order valence-corrected chi connectivity index (χ3v) is 6.59. The van der Waals surface area contributed by atoms with E-state index in [4.69, 9.17) is 11.6 Å². The third-order valence-electron chi connectivity index (χ3n) is 6.32. The maximum atomic E-state index is 13.1. The van der Waals surface area contributed by atoms with Crippen LogP contribution in [0.5, 0.6) is 0 Å². The molecule has 0 fully saturated rings. The molecule has 38 heavy (non-hydrogen) atoms. The van der Waals surface area contributed by atoms with E-state index in [9.17, 15) is 23.2 Å². The van der Waals surface area contributed by atoms with Crippen molar-refractivity contribution >= 4 is 23.3 Å². The van der Waals surface area contributed by atoms with Crippen LogP contribution >= 0.6 is 11.6 Å². The molecule has 4 heterocycles. The molecule has 0 atom stereocenters. The molecule has 3 aromatic heterocycles. The lowest BCUT2D eigenvalue weighted by atomic mass is 10.1. The molecule has 0 N–H and O–H groups in total. The highest BCUT2D eigenvalue weighted by atomic mass is 35.5. The highest BCUT2D eigenvalue weighted by Gasteiger charge is 2.35. The van der Waals surface area contributed by atoms with Crippen molar-refractivity contribution in [3.8, 4) is 28.8 Å². The molecule has 0 radical (unpaired) electrons. The van der Waals surface area contributed by atoms with Crippen LogP contribution in [0.2, 0.25) is 5.02 Å². The summed E-state index contributed by atoms with van der Waals surface area (Å²) < 4.78 is 43.8. The van der Waals surface area contributed by atoms with Gasteiger partial charge in [0.05, 0.1) is 24.3 Å². The number of alkyl halides is 3. The molecule has 1 amide bonds. The van der Waals surface area contributed by atoms with Crippen molar-refractivity contribution in [1.29, 1.82) is 5.26 Å². The zero-order chi connectivity index (χ0) is 27.4. The smallest absolute Gasteiger partial charge is 0.333 e. The fraction of sp³-hybridized carbons (Fsp3) is 0.320. The van der Waals surface area contributed by atoms with Crippen LogP contribution in [0.1, 0.15) is 43.1 Å². The maximum Gasteiger partial charge on any atom is 0.434 e. The number of nitrogens with zero attached hydrogens (tertiary/aromatic N) is 8. The third kappa shape index (κ3) is 4.32. The Balaban J connectivity index is 1.49. The largest absolute Gasteiger partial charge is 0.434 e. The molecule has 0 unspecified atom stereocenters. The molecule has 0 saturated carbocycles. The Kier molecular flexibility index (Phi) is 6.27. The van der Waals surface area contributed by atoms with E-state index in [0.29, 0.717) is 34.3 Å². The van der Waals surface area contributed by atoms with Gasteiger partial charge in [0.25, 0.3) is 0 Å². The lowest BCUT2D eigenvalue weighted by molar-refractivity contribution is -0.140. The molecule has 4 aromatic rings. The maximum absolute atomic E-state index is 13.1. The summed E-state index contributed by atoms with van der Waals surface area (Å²) in [7, 11) is 1.50. The molecule has 0 spiro atoms. The number of carbonyl (C=O) groups is 1. The van der Waals surface area contributed by atoms with Crippen molar-refractivity contribution in [2.24, 2.45) is 7.05 Å². The molecular formula is C25H22ClF3N8O. The quantitative estimate of drug-likeness (QED) is 0.345. The van der Waals surface area contributed by atoms with Crippen molar-refractivity contribution in [2.75, 3.05) is 4.90 Å². The van der Waals surface area contributed by atoms with Crippen LogP contribution < -0.4 is 4.90 Å². The van der Waals surface area contributed by atoms with E-state index < -0.39 is 11.9 Å². The van der Waals surface area contributed by atoms with E-state index >= 15 is 0 Å². The molecule has 0 aliphatic carbocycles. The van der Waals surface area contributed by atoms with Gasteiger partial charge in [-0.3, -0.25) is 14.4 Å². The number of aryl methyl sites for hydroxylation is 2. The number of aromatic nitrogens is 6. The second-order valence-electron chi connectivity index (χ2n) is 9.25. The normalized spacial score (nSPS) is 13.8. The van der Waals surface area contributed by atoms with E-state index in [0.717, 1.165) is 11.8 Å². The first kappa shape index (κ1) is 25.5. The topological polar surface area (TPSA) is 97.6 Å². The zero-order valence-electron chi connectivity index (χ0n) is 20.7. The highest BCUT2D eigenvalue weighted by Crippen LogP contribution is 2.38. The average Bonchev–Trinajstić information content (AvgIpc) is 3.55.